The summed E-state index contributed by atoms with van der Waals surface area (Å²) in [6.07, 6.45) is 6.80. The zero-order valence-electron chi connectivity index (χ0n) is 13.1. The number of rotatable bonds is 6. The molecule has 0 aromatic heterocycles. The Kier molecular flexibility index (Phi) is 6.23. The first-order valence-electron chi connectivity index (χ1n) is 7.90. The lowest BCUT2D eigenvalue weighted by Crippen LogP contribution is -2.48. The molecule has 0 heterocycles. The monoisotopic (exact) mass is 313 g/mol. The minimum Gasteiger partial charge on any atom is -0.385 e. The van der Waals surface area contributed by atoms with Gasteiger partial charge in [-0.3, -0.25) is 15.2 Å². The van der Waals surface area contributed by atoms with Gasteiger partial charge in [0.05, 0.1) is 0 Å². The Morgan fingerprint density at radius 1 is 1.38 bits per heavy atom. The highest BCUT2D eigenvalue weighted by Crippen LogP contribution is 2.49. The number of fused-ring (bicyclic) bond motifs is 2. The van der Waals surface area contributed by atoms with Crippen LogP contribution >= 0.6 is 12.2 Å². The van der Waals surface area contributed by atoms with Gasteiger partial charge in [0.1, 0.15) is 0 Å². The zero-order valence-corrected chi connectivity index (χ0v) is 13.9. The third-order valence-corrected chi connectivity index (χ3v) is 5.15. The van der Waals surface area contributed by atoms with Crippen molar-refractivity contribution in [1.82, 2.24) is 15.8 Å². The molecule has 0 aliphatic heterocycles. The number of ether oxygens (including phenoxy) is 1. The molecule has 0 saturated heterocycles. The molecule has 2 bridgehead atoms. The molecule has 0 unspecified atom stereocenters. The number of carbonyl (C=O) groups is 1. The maximum Gasteiger partial charge on any atom is 0.238 e. The Morgan fingerprint density at radius 2 is 2.19 bits per heavy atom. The number of carbonyl (C=O) groups excluding carboxylic acids is 1. The van der Waals surface area contributed by atoms with Gasteiger partial charge in [-0.2, -0.15) is 0 Å². The largest absolute Gasteiger partial charge is 0.385 e. The van der Waals surface area contributed by atoms with Crippen molar-refractivity contribution in [1.29, 1.82) is 0 Å². The number of hydrazine groups is 1. The Morgan fingerprint density at radius 3 is 2.81 bits per heavy atom. The van der Waals surface area contributed by atoms with Gasteiger partial charge in [-0.05, 0) is 55.7 Å². The fourth-order valence-corrected chi connectivity index (χ4v) is 3.83. The highest BCUT2D eigenvalue weighted by atomic mass is 32.1. The van der Waals surface area contributed by atoms with Crippen LogP contribution < -0.4 is 10.7 Å². The Labute approximate surface area is 132 Å². The highest BCUT2D eigenvalue weighted by Gasteiger charge is 2.40. The predicted molar refractivity (Wildman–Crippen MR) is 86.6 cm³/mol. The Hall–Kier alpha value is -0.880. The van der Waals surface area contributed by atoms with E-state index in [2.05, 4.69) is 10.7 Å². The average Bonchev–Trinajstić information content (AvgIpc) is 3.05. The molecule has 21 heavy (non-hydrogen) atoms. The van der Waals surface area contributed by atoms with Crippen molar-refractivity contribution in [2.24, 2.45) is 17.8 Å². The number of methoxy groups -OCH3 is 1. The summed E-state index contributed by atoms with van der Waals surface area (Å²) in [6, 6.07) is 0. The van der Waals surface area contributed by atoms with Crippen LogP contribution in [0.4, 0.5) is 0 Å². The number of hydrogen-bond acceptors (Lipinski definition) is 3. The maximum absolute atomic E-state index is 12.1. The predicted octanol–water partition coefficient (Wildman–Crippen LogP) is 1.69. The SMILES string of the molecule is COCCCNC(=S)N(C)NC(=O)C[C@H]1C[C@H]2CC[C@@H]1C2. The molecule has 2 N–H and O–H groups in total. The topological polar surface area (TPSA) is 53.6 Å². The molecule has 3 atom stereocenters. The highest BCUT2D eigenvalue weighted by molar-refractivity contribution is 7.80. The molecule has 5 nitrogen and oxygen atoms in total. The lowest BCUT2D eigenvalue weighted by molar-refractivity contribution is -0.125. The number of hydrogen-bond donors (Lipinski definition) is 2. The molecule has 0 spiro atoms. The molecule has 2 aliphatic rings. The van der Waals surface area contributed by atoms with Gasteiger partial charge in [-0.15, -0.1) is 0 Å². The number of amides is 1. The van der Waals surface area contributed by atoms with Gasteiger partial charge in [0.2, 0.25) is 5.91 Å². The zero-order chi connectivity index (χ0) is 15.2. The van der Waals surface area contributed by atoms with E-state index in [9.17, 15) is 4.79 Å². The number of nitrogens with zero attached hydrogens (tertiary/aromatic N) is 1. The maximum atomic E-state index is 12.1. The summed E-state index contributed by atoms with van der Waals surface area (Å²) < 4.78 is 4.98. The Balaban J connectivity index is 1.63. The van der Waals surface area contributed by atoms with Crippen LogP contribution in [0.2, 0.25) is 0 Å². The van der Waals surface area contributed by atoms with Crippen LogP contribution in [0.15, 0.2) is 0 Å². The van der Waals surface area contributed by atoms with Crippen molar-refractivity contribution >= 4 is 23.2 Å². The van der Waals surface area contributed by atoms with Gasteiger partial charge in [0, 0.05) is 33.7 Å². The Bertz CT molecular complexity index is 378. The second-order valence-corrected chi connectivity index (χ2v) is 6.70. The van der Waals surface area contributed by atoms with E-state index in [1.807, 2.05) is 0 Å². The van der Waals surface area contributed by atoms with Crippen molar-refractivity contribution in [3.8, 4) is 0 Å². The van der Waals surface area contributed by atoms with E-state index in [4.69, 9.17) is 17.0 Å². The quantitative estimate of drug-likeness (QED) is 0.444. The van der Waals surface area contributed by atoms with E-state index in [0.717, 1.165) is 24.8 Å². The smallest absolute Gasteiger partial charge is 0.238 e. The first-order valence-corrected chi connectivity index (χ1v) is 8.31. The van der Waals surface area contributed by atoms with Crippen molar-refractivity contribution < 1.29 is 9.53 Å². The molecule has 6 heteroatoms. The van der Waals surface area contributed by atoms with E-state index in [0.29, 0.717) is 24.1 Å². The summed E-state index contributed by atoms with van der Waals surface area (Å²) in [5.74, 6) is 2.33. The first kappa shape index (κ1) is 16.5. The van der Waals surface area contributed by atoms with E-state index < -0.39 is 0 Å². The minimum absolute atomic E-state index is 0.0797. The minimum atomic E-state index is 0.0797. The lowest BCUT2D eigenvalue weighted by Gasteiger charge is -2.25. The van der Waals surface area contributed by atoms with Crippen molar-refractivity contribution in [2.75, 3.05) is 27.3 Å². The lowest BCUT2D eigenvalue weighted by atomic mass is 9.86. The average molecular weight is 313 g/mol. The van der Waals surface area contributed by atoms with E-state index in [1.54, 1.807) is 19.2 Å². The molecule has 0 aromatic carbocycles. The fraction of sp³-hybridized carbons (Fsp3) is 0.867. The molecule has 0 aromatic rings. The van der Waals surface area contributed by atoms with Gasteiger partial charge >= 0.3 is 0 Å². The van der Waals surface area contributed by atoms with Crippen LogP contribution in [-0.4, -0.2) is 43.3 Å². The summed E-state index contributed by atoms with van der Waals surface area (Å²) >= 11 is 5.24. The van der Waals surface area contributed by atoms with Crippen molar-refractivity contribution in [2.45, 2.75) is 38.5 Å². The van der Waals surface area contributed by atoms with E-state index >= 15 is 0 Å². The number of thiocarbonyl (C=S) groups is 1. The normalized spacial score (nSPS) is 26.7. The van der Waals surface area contributed by atoms with Gasteiger partial charge in [-0.1, -0.05) is 6.42 Å². The van der Waals surface area contributed by atoms with Gasteiger partial charge in [0.15, 0.2) is 5.11 Å². The van der Waals surface area contributed by atoms with Gasteiger partial charge in [0.25, 0.3) is 0 Å². The van der Waals surface area contributed by atoms with Gasteiger partial charge in [-0.25, -0.2) is 0 Å². The summed E-state index contributed by atoms with van der Waals surface area (Å²) in [5, 5.41) is 5.26. The molecule has 120 valence electrons. The van der Waals surface area contributed by atoms with Crippen LogP contribution in [0.1, 0.15) is 38.5 Å². The summed E-state index contributed by atoms with van der Waals surface area (Å²) in [5.41, 5.74) is 2.87. The molecule has 2 rings (SSSR count). The van der Waals surface area contributed by atoms with Crippen LogP contribution in [0.5, 0.6) is 0 Å². The van der Waals surface area contributed by atoms with Crippen molar-refractivity contribution in [3.05, 3.63) is 0 Å². The second-order valence-electron chi connectivity index (χ2n) is 6.31. The van der Waals surface area contributed by atoms with Crippen molar-refractivity contribution in [3.63, 3.8) is 0 Å². The van der Waals surface area contributed by atoms with E-state index in [1.165, 1.54) is 25.7 Å². The second kappa shape index (κ2) is 7.94. The summed E-state index contributed by atoms with van der Waals surface area (Å²) in [7, 11) is 3.46. The molecule has 2 saturated carbocycles. The molecule has 2 fully saturated rings. The van der Waals surface area contributed by atoms with Crippen LogP contribution in [-0.2, 0) is 9.53 Å². The third kappa shape index (κ3) is 4.81. The number of nitrogens with one attached hydrogen (secondary N) is 2. The molecule has 2 aliphatic carbocycles. The molecular weight excluding hydrogens is 286 g/mol. The van der Waals surface area contributed by atoms with Crippen LogP contribution in [0.3, 0.4) is 0 Å². The standard InChI is InChI=1S/C15H27N3O2S/c1-18(15(21)16-6-3-7-20-2)17-14(19)10-13-9-11-4-5-12(13)8-11/h11-13H,3-10H2,1-2H3,(H,16,21)(H,17,19)/t11-,12+,13+/m0/s1. The molecule has 1 amide bonds. The third-order valence-electron chi connectivity index (χ3n) is 4.73. The fourth-order valence-electron chi connectivity index (χ4n) is 3.68. The van der Waals surface area contributed by atoms with Crippen LogP contribution in [0.25, 0.3) is 0 Å². The first-order chi connectivity index (χ1) is 10.1. The molecule has 0 radical (unpaired) electrons. The van der Waals surface area contributed by atoms with Crippen LogP contribution in [0, 0.1) is 17.8 Å². The van der Waals surface area contributed by atoms with E-state index in [-0.39, 0.29) is 5.91 Å². The summed E-state index contributed by atoms with van der Waals surface area (Å²) in [4.78, 5) is 12.1. The molecular formula is C15H27N3O2S. The summed E-state index contributed by atoms with van der Waals surface area (Å²) in [6.45, 7) is 1.45. The van der Waals surface area contributed by atoms with Gasteiger partial charge < -0.3 is 10.1 Å².